The number of alkyl halides is 3. The Kier molecular flexibility index (Phi) is 6.31. The van der Waals surface area contributed by atoms with Gasteiger partial charge in [0, 0.05) is 16.6 Å². The van der Waals surface area contributed by atoms with Crippen molar-refractivity contribution in [1.29, 1.82) is 0 Å². The molecule has 5 nitrogen and oxygen atoms in total. The van der Waals surface area contributed by atoms with Gasteiger partial charge >= 0.3 is 6.18 Å². The van der Waals surface area contributed by atoms with E-state index < -0.39 is 17.6 Å². The van der Waals surface area contributed by atoms with Crippen LogP contribution in [0.5, 0.6) is 11.5 Å². The first-order valence-electron chi connectivity index (χ1n) is 8.96. The molecule has 1 aromatic heterocycles. The van der Waals surface area contributed by atoms with Crippen molar-refractivity contribution in [2.45, 2.75) is 26.1 Å². The highest BCUT2D eigenvalue weighted by molar-refractivity contribution is 7.13. The average Bonchev–Trinajstić information content (AvgIpc) is 3.18. The zero-order chi connectivity index (χ0) is 21.9. The van der Waals surface area contributed by atoms with Crippen molar-refractivity contribution in [2.75, 3.05) is 12.4 Å². The maximum Gasteiger partial charge on any atom is 0.416 e. The quantitative estimate of drug-likeness (QED) is 0.524. The Morgan fingerprint density at radius 2 is 1.90 bits per heavy atom. The highest BCUT2D eigenvalue weighted by Crippen LogP contribution is 2.35. The van der Waals surface area contributed by atoms with Crippen LogP contribution in [-0.4, -0.2) is 24.1 Å². The lowest BCUT2D eigenvalue weighted by atomic mass is 10.2. The molecule has 0 aliphatic carbocycles. The molecular formula is C21H19F3N2O3S. The zero-order valence-corrected chi connectivity index (χ0v) is 17.2. The summed E-state index contributed by atoms with van der Waals surface area (Å²) in [4.78, 5) is 16.7. The van der Waals surface area contributed by atoms with Crippen LogP contribution in [0.2, 0.25) is 0 Å². The van der Waals surface area contributed by atoms with Crippen LogP contribution in [0, 0.1) is 0 Å². The van der Waals surface area contributed by atoms with E-state index in [2.05, 4.69) is 10.3 Å². The van der Waals surface area contributed by atoms with Crippen molar-refractivity contribution < 1.29 is 27.4 Å². The Morgan fingerprint density at radius 1 is 1.13 bits per heavy atom. The molecule has 1 N–H and O–H groups in total. The molecule has 0 saturated carbocycles. The molecule has 0 fully saturated rings. The van der Waals surface area contributed by atoms with E-state index >= 15 is 0 Å². The standard InChI is InChI=1S/C21H19F3N2O3S/c1-12(2)29-17-8-7-13(9-18(17)28-3)20-26-16(11-30-20)19(27)25-15-6-4-5-14(10-15)21(22,23)24/h4-12H,1-3H3,(H,25,27). The molecule has 1 amide bonds. The third-order valence-corrected chi connectivity index (χ3v) is 4.85. The van der Waals surface area contributed by atoms with Crippen LogP contribution in [0.4, 0.5) is 18.9 Å². The van der Waals surface area contributed by atoms with Gasteiger partial charge in [-0.05, 0) is 50.2 Å². The second-order valence-electron chi connectivity index (χ2n) is 6.60. The predicted octanol–water partition coefficient (Wildman–Crippen LogP) is 5.88. The summed E-state index contributed by atoms with van der Waals surface area (Å²) in [6, 6.07) is 9.76. The van der Waals surface area contributed by atoms with Crippen molar-refractivity contribution >= 4 is 22.9 Å². The number of anilines is 1. The Bertz CT molecular complexity index is 1050. The van der Waals surface area contributed by atoms with E-state index in [1.54, 1.807) is 23.6 Å². The van der Waals surface area contributed by atoms with Crippen LogP contribution in [0.3, 0.4) is 0 Å². The van der Waals surface area contributed by atoms with Crippen molar-refractivity contribution in [2.24, 2.45) is 0 Å². The molecule has 3 aromatic rings. The molecule has 0 spiro atoms. The number of aromatic nitrogens is 1. The number of nitrogens with one attached hydrogen (secondary N) is 1. The summed E-state index contributed by atoms with van der Waals surface area (Å²) in [5.74, 6) is 0.533. The van der Waals surface area contributed by atoms with Gasteiger partial charge in [-0.25, -0.2) is 4.98 Å². The Morgan fingerprint density at radius 3 is 2.57 bits per heavy atom. The first-order chi connectivity index (χ1) is 14.2. The van der Waals surface area contributed by atoms with Crippen molar-refractivity contribution in [1.82, 2.24) is 4.98 Å². The lowest BCUT2D eigenvalue weighted by Crippen LogP contribution is -2.13. The molecule has 1 heterocycles. The lowest BCUT2D eigenvalue weighted by molar-refractivity contribution is -0.137. The number of thiazole rings is 1. The SMILES string of the molecule is COc1cc(-c2nc(C(=O)Nc3cccc(C(F)(F)F)c3)cs2)ccc1OC(C)C. The van der Waals surface area contributed by atoms with Gasteiger partial charge in [0.1, 0.15) is 10.7 Å². The number of rotatable bonds is 6. The van der Waals surface area contributed by atoms with Crippen LogP contribution in [0.15, 0.2) is 47.8 Å². The van der Waals surface area contributed by atoms with Crippen molar-refractivity contribution in [3.05, 3.63) is 59.1 Å². The second-order valence-corrected chi connectivity index (χ2v) is 7.46. The van der Waals surface area contributed by atoms with Gasteiger partial charge in [0.25, 0.3) is 5.91 Å². The van der Waals surface area contributed by atoms with E-state index in [4.69, 9.17) is 9.47 Å². The number of amides is 1. The number of nitrogens with zero attached hydrogens (tertiary/aromatic N) is 1. The highest BCUT2D eigenvalue weighted by atomic mass is 32.1. The number of halogens is 3. The first-order valence-corrected chi connectivity index (χ1v) is 9.84. The smallest absolute Gasteiger partial charge is 0.416 e. The molecule has 9 heteroatoms. The van der Waals surface area contributed by atoms with Crippen LogP contribution in [0.1, 0.15) is 29.9 Å². The fourth-order valence-electron chi connectivity index (χ4n) is 2.63. The molecule has 0 atom stereocenters. The third-order valence-electron chi connectivity index (χ3n) is 3.96. The summed E-state index contributed by atoms with van der Waals surface area (Å²) in [5.41, 5.74) is 0.0382. The molecule has 30 heavy (non-hydrogen) atoms. The molecule has 0 saturated heterocycles. The third kappa shape index (κ3) is 5.10. The summed E-state index contributed by atoms with van der Waals surface area (Å²) in [7, 11) is 1.53. The molecule has 3 rings (SSSR count). The van der Waals surface area contributed by atoms with Gasteiger partial charge in [-0.1, -0.05) is 6.07 Å². The minimum Gasteiger partial charge on any atom is -0.493 e. The van der Waals surface area contributed by atoms with Crippen LogP contribution < -0.4 is 14.8 Å². The molecule has 158 valence electrons. The second kappa shape index (κ2) is 8.74. The molecule has 2 aromatic carbocycles. The highest BCUT2D eigenvalue weighted by Gasteiger charge is 2.30. The fraction of sp³-hybridized carbons (Fsp3) is 0.238. The summed E-state index contributed by atoms with van der Waals surface area (Å²) in [6.45, 7) is 3.81. The number of hydrogen-bond acceptors (Lipinski definition) is 5. The summed E-state index contributed by atoms with van der Waals surface area (Å²) in [5, 5.41) is 4.56. The van der Waals surface area contributed by atoms with Crippen molar-refractivity contribution in [3.63, 3.8) is 0 Å². The monoisotopic (exact) mass is 436 g/mol. The number of hydrogen-bond donors (Lipinski definition) is 1. The number of carbonyl (C=O) groups is 1. The Hall–Kier alpha value is -3.07. The molecule has 0 unspecified atom stereocenters. The van der Waals surface area contributed by atoms with Crippen LogP contribution in [-0.2, 0) is 6.18 Å². The van der Waals surface area contributed by atoms with E-state index in [9.17, 15) is 18.0 Å². The first kappa shape index (κ1) is 21.6. The minimum atomic E-state index is -4.49. The number of methoxy groups -OCH3 is 1. The maximum atomic E-state index is 12.8. The number of carbonyl (C=O) groups excluding carboxylic acids is 1. The van der Waals surface area contributed by atoms with Crippen LogP contribution >= 0.6 is 11.3 Å². The van der Waals surface area contributed by atoms with Gasteiger partial charge < -0.3 is 14.8 Å². The average molecular weight is 436 g/mol. The molecular weight excluding hydrogens is 417 g/mol. The predicted molar refractivity (Wildman–Crippen MR) is 109 cm³/mol. The molecule has 0 bridgehead atoms. The maximum absolute atomic E-state index is 12.8. The summed E-state index contributed by atoms with van der Waals surface area (Å²) >= 11 is 1.24. The summed E-state index contributed by atoms with van der Waals surface area (Å²) < 4.78 is 49.6. The van der Waals surface area contributed by atoms with Gasteiger partial charge in [0.05, 0.1) is 18.8 Å². The lowest BCUT2D eigenvalue weighted by Gasteiger charge is -2.14. The minimum absolute atomic E-state index is 0.0178. The summed E-state index contributed by atoms with van der Waals surface area (Å²) in [6.07, 6.45) is -4.50. The van der Waals surface area contributed by atoms with Gasteiger partial charge in [0.2, 0.25) is 0 Å². The van der Waals surface area contributed by atoms with E-state index in [1.807, 2.05) is 13.8 Å². The Balaban J connectivity index is 1.79. The van der Waals surface area contributed by atoms with E-state index in [0.717, 1.165) is 17.7 Å². The normalized spacial score (nSPS) is 11.4. The van der Waals surface area contributed by atoms with Crippen molar-refractivity contribution in [3.8, 4) is 22.1 Å². The molecule has 0 radical (unpaired) electrons. The number of ether oxygens (including phenoxy) is 2. The largest absolute Gasteiger partial charge is 0.493 e. The zero-order valence-electron chi connectivity index (χ0n) is 16.4. The molecule has 0 aliphatic heterocycles. The van der Waals surface area contributed by atoms with E-state index in [0.29, 0.717) is 16.5 Å². The molecule has 0 aliphatic rings. The fourth-order valence-corrected chi connectivity index (χ4v) is 3.43. The van der Waals surface area contributed by atoms with Gasteiger partial charge in [-0.15, -0.1) is 11.3 Å². The van der Waals surface area contributed by atoms with E-state index in [-0.39, 0.29) is 17.5 Å². The number of benzene rings is 2. The topological polar surface area (TPSA) is 60.5 Å². The van der Waals surface area contributed by atoms with E-state index in [1.165, 1.54) is 30.6 Å². The van der Waals surface area contributed by atoms with Gasteiger partial charge in [0.15, 0.2) is 11.5 Å². The van der Waals surface area contributed by atoms with Gasteiger partial charge in [-0.3, -0.25) is 4.79 Å². The van der Waals surface area contributed by atoms with Gasteiger partial charge in [-0.2, -0.15) is 13.2 Å². The Labute approximate surface area is 175 Å². The van der Waals surface area contributed by atoms with Crippen LogP contribution in [0.25, 0.3) is 10.6 Å².